The van der Waals surface area contributed by atoms with Crippen LogP contribution in [0.1, 0.15) is 5.56 Å². The molecule has 0 amide bonds. The summed E-state index contributed by atoms with van der Waals surface area (Å²) in [6, 6.07) is 30.8. The Bertz CT molecular complexity index is 1370. The summed E-state index contributed by atoms with van der Waals surface area (Å²) in [5.74, 6) is 0. The zero-order valence-corrected chi connectivity index (χ0v) is 15.7. The molecule has 1 aromatic heterocycles. The minimum atomic E-state index is 0.753. The molecule has 0 radical (unpaired) electrons. The minimum Gasteiger partial charge on any atom is -0.298 e. The number of allylic oxidation sites excluding steroid dienone is 1. The molecule has 0 fully saturated rings. The van der Waals surface area contributed by atoms with E-state index in [1.54, 1.807) is 10.8 Å². The normalized spacial score (nSPS) is 11.8. The number of nitrogens with zero attached hydrogens (tertiary/aromatic N) is 2. The zero-order valence-electron chi connectivity index (χ0n) is 15.7. The number of aromatic nitrogens is 2. The van der Waals surface area contributed by atoms with Crippen molar-refractivity contribution in [3.05, 3.63) is 109 Å². The number of carbonyl (C=O) groups is 1. The average Bonchev–Trinajstić information content (AvgIpc) is 3.26. The molecular formula is C26H18N2O. The summed E-state index contributed by atoms with van der Waals surface area (Å²) in [7, 11) is 0. The van der Waals surface area contributed by atoms with Crippen LogP contribution in [0.25, 0.3) is 38.5 Å². The molecule has 5 rings (SSSR count). The monoisotopic (exact) mass is 374 g/mol. The van der Waals surface area contributed by atoms with Crippen LogP contribution in [0.3, 0.4) is 0 Å². The van der Waals surface area contributed by atoms with Gasteiger partial charge in [0, 0.05) is 23.4 Å². The SMILES string of the molecule is O=C/C=C(\c1cccc2ccccc12)n1ccc(-c2cccc3ccccc23)n1. The molecule has 4 aromatic carbocycles. The third kappa shape index (κ3) is 3.03. The van der Waals surface area contributed by atoms with E-state index in [-0.39, 0.29) is 0 Å². The second-order valence-electron chi connectivity index (χ2n) is 6.89. The zero-order chi connectivity index (χ0) is 19.6. The molecule has 0 aliphatic rings. The van der Waals surface area contributed by atoms with E-state index in [1.165, 1.54) is 5.39 Å². The maximum atomic E-state index is 11.4. The summed E-state index contributed by atoms with van der Waals surface area (Å²) < 4.78 is 1.78. The molecule has 0 aliphatic heterocycles. The third-order valence-corrected chi connectivity index (χ3v) is 5.19. The summed E-state index contributed by atoms with van der Waals surface area (Å²) in [6.07, 6.45) is 4.30. The molecule has 29 heavy (non-hydrogen) atoms. The van der Waals surface area contributed by atoms with Gasteiger partial charge in [-0.05, 0) is 27.6 Å². The van der Waals surface area contributed by atoms with Crippen LogP contribution in [-0.2, 0) is 4.79 Å². The Balaban J connectivity index is 1.66. The maximum Gasteiger partial charge on any atom is 0.145 e. The summed E-state index contributed by atoms with van der Waals surface area (Å²) in [5, 5.41) is 9.38. The number of hydrogen-bond acceptors (Lipinski definition) is 2. The molecule has 3 nitrogen and oxygen atoms in total. The molecule has 0 aliphatic carbocycles. The van der Waals surface area contributed by atoms with Crippen molar-refractivity contribution in [3.63, 3.8) is 0 Å². The highest BCUT2D eigenvalue weighted by atomic mass is 16.1. The minimum absolute atomic E-state index is 0.753. The van der Waals surface area contributed by atoms with Gasteiger partial charge in [-0.3, -0.25) is 4.79 Å². The van der Waals surface area contributed by atoms with Gasteiger partial charge in [-0.2, -0.15) is 5.10 Å². The predicted octanol–water partition coefficient (Wildman–Crippen LogP) is 5.94. The molecular weight excluding hydrogens is 356 g/mol. The maximum absolute atomic E-state index is 11.4. The Morgan fingerprint density at radius 2 is 1.38 bits per heavy atom. The lowest BCUT2D eigenvalue weighted by Gasteiger charge is -2.11. The lowest BCUT2D eigenvalue weighted by atomic mass is 10.0. The van der Waals surface area contributed by atoms with E-state index in [1.807, 2.05) is 54.7 Å². The van der Waals surface area contributed by atoms with Crippen molar-refractivity contribution in [2.45, 2.75) is 0 Å². The van der Waals surface area contributed by atoms with E-state index >= 15 is 0 Å². The van der Waals surface area contributed by atoms with Gasteiger partial charge in [0.15, 0.2) is 0 Å². The number of aldehydes is 1. The van der Waals surface area contributed by atoms with Gasteiger partial charge in [-0.25, -0.2) is 4.68 Å². The van der Waals surface area contributed by atoms with E-state index in [4.69, 9.17) is 5.10 Å². The van der Waals surface area contributed by atoms with Crippen molar-refractivity contribution < 1.29 is 4.79 Å². The molecule has 0 N–H and O–H groups in total. The first-order valence-electron chi connectivity index (χ1n) is 9.53. The van der Waals surface area contributed by atoms with Gasteiger partial charge in [0.2, 0.25) is 0 Å². The van der Waals surface area contributed by atoms with Gasteiger partial charge >= 0.3 is 0 Å². The lowest BCUT2D eigenvalue weighted by molar-refractivity contribution is -0.104. The molecule has 0 atom stereocenters. The topological polar surface area (TPSA) is 34.9 Å². The van der Waals surface area contributed by atoms with Gasteiger partial charge in [-0.15, -0.1) is 0 Å². The molecule has 0 saturated carbocycles. The Kier molecular flexibility index (Phi) is 4.26. The third-order valence-electron chi connectivity index (χ3n) is 5.19. The smallest absolute Gasteiger partial charge is 0.145 e. The Hall–Kier alpha value is -3.98. The summed E-state index contributed by atoms with van der Waals surface area (Å²) in [5.41, 5.74) is 3.68. The second kappa shape index (κ2) is 7.21. The van der Waals surface area contributed by atoms with Crippen LogP contribution in [0.5, 0.6) is 0 Å². The average molecular weight is 374 g/mol. The fraction of sp³-hybridized carbons (Fsp3) is 0. The van der Waals surface area contributed by atoms with Gasteiger partial charge in [0.25, 0.3) is 0 Å². The van der Waals surface area contributed by atoms with Crippen LogP contribution in [0.4, 0.5) is 0 Å². The van der Waals surface area contributed by atoms with Gasteiger partial charge in [0.05, 0.1) is 11.4 Å². The molecule has 5 aromatic rings. The van der Waals surface area contributed by atoms with Crippen LogP contribution in [0, 0.1) is 0 Å². The number of hydrogen-bond donors (Lipinski definition) is 0. The molecule has 0 saturated heterocycles. The lowest BCUT2D eigenvalue weighted by Crippen LogP contribution is -2.01. The van der Waals surface area contributed by atoms with E-state index in [0.29, 0.717) is 0 Å². The van der Waals surface area contributed by atoms with Gasteiger partial charge < -0.3 is 0 Å². The first-order chi connectivity index (χ1) is 14.3. The standard InChI is InChI=1S/C26H18N2O/c29-18-16-26(24-14-6-10-20-8-2-4-12-22(20)24)28-17-15-25(27-28)23-13-5-9-19-7-1-3-11-21(19)23/h1-18H/b26-16+. The van der Waals surface area contributed by atoms with E-state index in [9.17, 15) is 4.79 Å². The van der Waals surface area contributed by atoms with Crippen LogP contribution in [0.2, 0.25) is 0 Å². The predicted molar refractivity (Wildman–Crippen MR) is 119 cm³/mol. The second-order valence-corrected chi connectivity index (χ2v) is 6.89. The first kappa shape index (κ1) is 17.1. The molecule has 0 bridgehead atoms. The highest BCUT2D eigenvalue weighted by molar-refractivity contribution is 5.97. The highest BCUT2D eigenvalue weighted by Gasteiger charge is 2.12. The molecule has 3 heteroatoms. The highest BCUT2D eigenvalue weighted by Crippen LogP contribution is 2.30. The molecule has 138 valence electrons. The molecule has 0 unspecified atom stereocenters. The van der Waals surface area contributed by atoms with Crippen LogP contribution < -0.4 is 0 Å². The number of fused-ring (bicyclic) bond motifs is 2. The van der Waals surface area contributed by atoms with Crippen molar-refractivity contribution in [2.75, 3.05) is 0 Å². The molecule has 0 spiro atoms. The molecule has 1 heterocycles. The van der Waals surface area contributed by atoms with Crippen molar-refractivity contribution in [1.29, 1.82) is 0 Å². The largest absolute Gasteiger partial charge is 0.298 e. The van der Waals surface area contributed by atoms with Crippen molar-refractivity contribution in [1.82, 2.24) is 9.78 Å². The fourth-order valence-electron chi connectivity index (χ4n) is 3.85. The van der Waals surface area contributed by atoms with E-state index in [0.717, 1.165) is 45.0 Å². The Morgan fingerprint density at radius 1 is 0.724 bits per heavy atom. The van der Waals surface area contributed by atoms with Gasteiger partial charge in [0.1, 0.15) is 6.29 Å². The van der Waals surface area contributed by atoms with Crippen molar-refractivity contribution in [3.8, 4) is 11.3 Å². The van der Waals surface area contributed by atoms with Crippen LogP contribution in [0.15, 0.2) is 103 Å². The Morgan fingerprint density at radius 3 is 2.17 bits per heavy atom. The van der Waals surface area contributed by atoms with E-state index < -0.39 is 0 Å². The van der Waals surface area contributed by atoms with Crippen LogP contribution in [-0.4, -0.2) is 16.1 Å². The Labute approximate surface area is 168 Å². The summed E-state index contributed by atoms with van der Waals surface area (Å²) >= 11 is 0. The van der Waals surface area contributed by atoms with Gasteiger partial charge in [-0.1, -0.05) is 84.9 Å². The summed E-state index contributed by atoms with van der Waals surface area (Å²) in [6.45, 7) is 0. The van der Waals surface area contributed by atoms with Crippen LogP contribution >= 0.6 is 0 Å². The number of benzene rings is 4. The fourth-order valence-corrected chi connectivity index (χ4v) is 3.85. The van der Waals surface area contributed by atoms with Crippen molar-refractivity contribution in [2.24, 2.45) is 0 Å². The van der Waals surface area contributed by atoms with Crippen molar-refractivity contribution >= 4 is 33.5 Å². The number of carbonyl (C=O) groups excluding carboxylic acids is 1. The summed E-state index contributed by atoms with van der Waals surface area (Å²) in [4.78, 5) is 11.4. The van der Waals surface area contributed by atoms with E-state index in [2.05, 4.69) is 42.5 Å². The quantitative estimate of drug-likeness (QED) is 0.288. The first-order valence-corrected chi connectivity index (χ1v) is 9.53. The number of rotatable bonds is 4.